The molecule has 0 aromatic heterocycles. The first-order valence-corrected chi connectivity index (χ1v) is 19.0. The molecular weight excluding hydrogens is 712 g/mol. The highest BCUT2D eigenvalue weighted by Crippen LogP contribution is 2.38. The van der Waals surface area contributed by atoms with Gasteiger partial charge in [-0.25, -0.2) is 0 Å². The van der Waals surface area contributed by atoms with E-state index in [0.29, 0.717) is 0 Å². The van der Waals surface area contributed by atoms with Gasteiger partial charge in [0, 0.05) is 43.9 Å². The lowest BCUT2D eigenvalue weighted by molar-refractivity contribution is -0.301. The first kappa shape index (κ1) is 47.6. The summed E-state index contributed by atoms with van der Waals surface area (Å²) in [6.07, 6.45) is 13.1. The molecule has 308 valence electrons. The second-order valence-electron chi connectivity index (χ2n) is 14.9. The summed E-state index contributed by atoms with van der Waals surface area (Å²) in [5, 5.41) is 84.6. The van der Waals surface area contributed by atoms with Crippen molar-refractivity contribution in [1.29, 1.82) is 0 Å². The van der Waals surface area contributed by atoms with Gasteiger partial charge in [-0.3, -0.25) is 14.4 Å². The number of aliphatic hydroxyl groups excluding tert-OH is 6. The van der Waals surface area contributed by atoms with Crippen LogP contribution in [-0.4, -0.2) is 113 Å². The molecule has 0 radical (unpaired) electrons. The number of aliphatic hydroxyl groups is 7. The zero-order valence-electron chi connectivity index (χ0n) is 32.3. The van der Waals surface area contributed by atoms with Gasteiger partial charge in [0.2, 0.25) is 0 Å². The maximum absolute atomic E-state index is 12.6. The Kier molecular flexibility index (Phi) is 20.9. The predicted molar refractivity (Wildman–Crippen MR) is 206 cm³/mol. The SMILES string of the molecule is CC1/C=C/C=C/C=C/C=C/C=C/C=C/C=C/[C@H](C)[C@@H](O)[C@@H](C)[C@H](C)OC(=O)CC(O)CC(O)CC(=O)CC[C@@H](O)[C@H](O)CC2(O)C[C@H](O)C(C(=O)O)C(C1)O2. The summed E-state index contributed by atoms with van der Waals surface area (Å²) in [4.78, 5) is 37.1. The standard InChI is InChI=1S/C42H62O13/c1-27-17-15-13-11-9-7-5-6-8-10-12-14-16-18-28(2)40(50)29(3)30(4)54-38(49)24-33(45)23-32(44)22-31(43)19-20-34(46)35(47)25-42(53)26-36(48)39(41(51)52)37(21-27)55-42/h5-18,27-30,32-37,39-40,44-48,50,53H,19-26H2,1-4H3,(H,51,52)/b6-5+,9-7+,10-8+,13-11+,14-12+,17-15+,18-16+/t27?,28-,29-,30-,32?,33?,34+,35+,36-,37?,39?,40+,42?/m0/s1. The molecule has 0 amide bonds. The van der Waals surface area contributed by atoms with Crippen LogP contribution in [-0.2, 0) is 23.9 Å². The number of allylic oxidation sites excluding steroid dienone is 13. The molecule has 13 atom stereocenters. The van der Waals surface area contributed by atoms with Crippen LogP contribution in [0.5, 0.6) is 0 Å². The Bertz CT molecular complexity index is 1410. The van der Waals surface area contributed by atoms with Crippen molar-refractivity contribution in [1.82, 2.24) is 0 Å². The van der Waals surface area contributed by atoms with Crippen LogP contribution < -0.4 is 0 Å². The summed E-state index contributed by atoms with van der Waals surface area (Å²) in [6, 6.07) is 0. The van der Waals surface area contributed by atoms with E-state index in [1.54, 1.807) is 26.0 Å². The number of carbonyl (C=O) groups excluding carboxylic acids is 2. The second-order valence-corrected chi connectivity index (χ2v) is 14.9. The van der Waals surface area contributed by atoms with Gasteiger partial charge >= 0.3 is 11.9 Å². The van der Waals surface area contributed by atoms with Crippen molar-refractivity contribution in [3.63, 3.8) is 0 Å². The number of carboxylic acids is 1. The Balaban J connectivity index is 2.18. The van der Waals surface area contributed by atoms with Crippen molar-refractivity contribution >= 4 is 17.7 Å². The van der Waals surface area contributed by atoms with Crippen LogP contribution in [0.1, 0.15) is 79.1 Å². The van der Waals surface area contributed by atoms with Crippen LogP contribution in [0.4, 0.5) is 0 Å². The van der Waals surface area contributed by atoms with Crippen LogP contribution >= 0.6 is 0 Å². The summed E-state index contributed by atoms with van der Waals surface area (Å²) in [5.74, 6) is -6.94. The van der Waals surface area contributed by atoms with Crippen LogP contribution in [0, 0.1) is 23.7 Å². The van der Waals surface area contributed by atoms with Crippen LogP contribution in [0.2, 0.25) is 0 Å². The number of esters is 1. The van der Waals surface area contributed by atoms with E-state index in [2.05, 4.69) is 0 Å². The maximum Gasteiger partial charge on any atom is 0.311 e. The fraction of sp³-hybridized carbons (Fsp3) is 0.595. The Morgan fingerprint density at radius 2 is 1.20 bits per heavy atom. The first-order chi connectivity index (χ1) is 25.9. The molecule has 0 aliphatic carbocycles. The topological polar surface area (TPSA) is 232 Å². The highest BCUT2D eigenvalue weighted by atomic mass is 16.6. The molecule has 1 saturated heterocycles. The number of aliphatic carboxylic acids is 1. The van der Waals surface area contributed by atoms with Crippen molar-refractivity contribution in [2.75, 3.05) is 0 Å². The zero-order chi connectivity index (χ0) is 41.1. The average molecular weight is 775 g/mol. The fourth-order valence-electron chi connectivity index (χ4n) is 6.57. The third kappa shape index (κ3) is 17.9. The molecule has 6 unspecified atom stereocenters. The third-order valence-corrected chi connectivity index (χ3v) is 9.92. The largest absolute Gasteiger partial charge is 0.481 e. The minimum atomic E-state index is -2.17. The minimum absolute atomic E-state index is 0.125. The Labute approximate surface area is 324 Å². The quantitative estimate of drug-likeness (QED) is 0.179. The molecule has 2 bridgehead atoms. The molecule has 55 heavy (non-hydrogen) atoms. The Morgan fingerprint density at radius 3 is 1.76 bits per heavy atom. The molecule has 13 heteroatoms. The van der Waals surface area contributed by atoms with E-state index in [1.807, 2.05) is 86.8 Å². The van der Waals surface area contributed by atoms with Crippen molar-refractivity contribution in [3.05, 3.63) is 85.1 Å². The van der Waals surface area contributed by atoms with Crippen molar-refractivity contribution in [2.45, 2.75) is 134 Å². The molecule has 2 heterocycles. The molecule has 0 aromatic rings. The van der Waals surface area contributed by atoms with Gasteiger partial charge in [0.25, 0.3) is 0 Å². The van der Waals surface area contributed by atoms with E-state index in [4.69, 9.17) is 9.47 Å². The number of carbonyl (C=O) groups is 3. The van der Waals surface area contributed by atoms with E-state index >= 15 is 0 Å². The van der Waals surface area contributed by atoms with Crippen molar-refractivity contribution in [2.24, 2.45) is 23.7 Å². The number of Topliss-reactive ketones (excluding diaryl/α,β-unsaturated/α-hetero) is 1. The molecule has 2 aliphatic heterocycles. The molecule has 2 aliphatic rings. The normalized spacial score (nSPS) is 41.8. The third-order valence-electron chi connectivity index (χ3n) is 9.92. The fourth-order valence-corrected chi connectivity index (χ4v) is 6.57. The highest BCUT2D eigenvalue weighted by molar-refractivity contribution is 5.78. The average Bonchev–Trinajstić information content (AvgIpc) is 3.08. The first-order valence-electron chi connectivity index (χ1n) is 19.0. The van der Waals surface area contributed by atoms with Gasteiger partial charge < -0.3 is 50.3 Å². The lowest BCUT2D eigenvalue weighted by Crippen LogP contribution is -2.56. The highest BCUT2D eigenvalue weighted by Gasteiger charge is 2.50. The molecule has 1 fully saturated rings. The minimum Gasteiger partial charge on any atom is -0.481 e. The summed E-state index contributed by atoms with van der Waals surface area (Å²) in [6.45, 7) is 7.06. The van der Waals surface area contributed by atoms with Crippen molar-refractivity contribution in [3.8, 4) is 0 Å². The van der Waals surface area contributed by atoms with E-state index in [1.165, 1.54) is 0 Å². The molecule has 13 nitrogen and oxygen atoms in total. The molecule has 0 aromatic carbocycles. The lowest BCUT2D eigenvalue weighted by Gasteiger charge is -2.44. The summed E-state index contributed by atoms with van der Waals surface area (Å²) in [7, 11) is 0. The monoisotopic (exact) mass is 774 g/mol. The van der Waals surface area contributed by atoms with Crippen molar-refractivity contribution < 1.29 is 64.7 Å². The smallest absolute Gasteiger partial charge is 0.311 e. The molecule has 0 spiro atoms. The Hall–Kier alpha value is -3.53. The van der Waals surface area contributed by atoms with E-state index in [9.17, 15) is 55.2 Å². The van der Waals surface area contributed by atoms with Crippen LogP contribution in [0.15, 0.2) is 85.1 Å². The molecule has 2 rings (SSSR count). The summed E-state index contributed by atoms with van der Waals surface area (Å²) < 4.78 is 11.2. The van der Waals surface area contributed by atoms with E-state index < -0.39 is 103 Å². The van der Waals surface area contributed by atoms with Gasteiger partial charge in [-0.2, -0.15) is 0 Å². The van der Waals surface area contributed by atoms with Gasteiger partial charge in [0.1, 0.15) is 17.8 Å². The summed E-state index contributed by atoms with van der Waals surface area (Å²) >= 11 is 0. The zero-order valence-corrected chi connectivity index (χ0v) is 32.3. The van der Waals surface area contributed by atoms with Gasteiger partial charge in [-0.1, -0.05) is 106 Å². The number of hydrogen-bond acceptors (Lipinski definition) is 12. The van der Waals surface area contributed by atoms with Gasteiger partial charge in [-0.05, 0) is 25.7 Å². The van der Waals surface area contributed by atoms with Crippen LogP contribution in [0.3, 0.4) is 0 Å². The van der Waals surface area contributed by atoms with Gasteiger partial charge in [0.15, 0.2) is 5.79 Å². The number of ether oxygens (including phenoxy) is 2. The molecular formula is C42H62O13. The number of fused-ring (bicyclic) bond motifs is 2. The van der Waals surface area contributed by atoms with Crippen LogP contribution in [0.25, 0.3) is 0 Å². The van der Waals surface area contributed by atoms with E-state index in [-0.39, 0.29) is 43.9 Å². The lowest BCUT2D eigenvalue weighted by atomic mass is 9.81. The summed E-state index contributed by atoms with van der Waals surface area (Å²) in [5.41, 5.74) is 0. The number of hydrogen-bond donors (Lipinski definition) is 8. The number of carboxylic acid groups (broad SMARTS) is 1. The maximum atomic E-state index is 12.6. The van der Waals surface area contributed by atoms with Gasteiger partial charge in [-0.15, -0.1) is 0 Å². The number of rotatable bonds is 1. The number of ketones is 1. The Morgan fingerprint density at radius 1 is 0.691 bits per heavy atom. The second kappa shape index (κ2) is 24.2. The molecule has 8 N–H and O–H groups in total. The van der Waals surface area contributed by atoms with Gasteiger partial charge in [0.05, 0.1) is 49.1 Å². The number of cyclic esters (lactones) is 1. The molecule has 0 saturated carbocycles. The van der Waals surface area contributed by atoms with E-state index in [0.717, 1.165) is 0 Å². The predicted octanol–water partition coefficient (Wildman–Crippen LogP) is 3.38.